The van der Waals surface area contributed by atoms with Gasteiger partial charge in [0, 0.05) is 12.1 Å². The van der Waals surface area contributed by atoms with Crippen LogP contribution in [0.2, 0.25) is 0 Å². The van der Waals surface area contributed by atoms with Crippen LogP contribution in [0.5, 0.6) is 0 Å². The molecule has 1 aliphatic rings. The third-order valence-electron chi connectivity index (χ3n) is 4.20. The lowest BCUT2D eigenvalue weighted by Crippen LogP contribution is -2.22. The molecule has 8 heteroatoms. The topological polar surface area (TPSA) is 68.5 Å². The Labute approximate surface area is 152 Å². The summed E-state index contributed by atoms with van der Waals surface area (Å²) < 4.78 is 18.4. The second-order valence-electron chi connectivity index (χ2n) is 5.74. The maximum atomic E-state index is 13.7. The minimum absolute atomic E-state index is 0.219. The van der Waals surface area contributed by atoms with E-state index < -0.39 is 5.82 Å². The zero-order valence-corrected chi connectivity index (χ0v) is 14.9. The van der Waals surface area contributed by atoms with Crippen molar-refractivity contribution in [2.75, 3.05) is 13.4 Å². The van der Waals surface area contributed by atoms with Gasteiger partial charge in [-0.1, -0.05) is 23.2 Å². The zero-order chi connectivity index (χ0) is 18.3. The number of benzene rings is 2. The Kier molecular flexibility index (Phi) is 4.21. The van der Waals surface area contributed by atoms with Crippen molar-refractivity contribution >= 4 is 28.6 Å². The highest BCUT2D eigenvalue weighted by Gasteiger charge is 2.29. The fourth-order valence-electron chi connectivity index (χ4n) is 3.07. The van der Waals surface area contributed by atoms with E-state index in [1.807, 2.05) is 18.4 Å². The van der Waals surface area contributed by atoms with Crippen molar-refractivity contribution in [2.45, 2.75) is 6.54 Å². The predicted octanol–water partition coefficient (Wildman–Crippen LogP) is 2.60. The lowest BCUT2D eigenvalue weighted by Gasteiger charge is -2.08. The number of nitrogens with zero attached hydrogens (tertiary/aromatic N) is 3. The molecule has 1 aliphatic heterocycles. The van der Waals surface area contributed by atoms with Crippen molar-refractivity contribution in [1.82, 2.24) is 14.3 Å². The summed E-state index contributed by atoms with van der Waals surface area (Å²) in [5.74, 6) is -0.0664. The van der Waals surface area contributed by atoms with E-state index in [4.69, 9.17) is 4.84 Å². The Morgan fingerprint density at radius 1 is 1.31 bits per heavy atom. The SMILES string of the molecule is CO/N=C1/c2cc(F)ccc2-n2c1nc1cc(CNSC)ccc1c2=O. The molecular formula is C18H15FN4O2S. The van der Waals surface area contributed by atoms with E-state index in [1.54, 1.807) is 12.1 Å². The summed E-state index contributed by atoms with van der Waals surface area (Å²) in [6, 6.07) is 9.73. The molecule has 3 aromatic rings. The average Bonchev–Trinajstić information content (AvgIpc) is 2.93. The second kappa shape index (κ2) is 6.54. The van der Waals surface area contributed by atoms with Crippen molar-refractivity contribution in [3.63, 3.8) is 0 Å². The summed E-state index contributed by atoms with van der Waals surface area (Å²) in [7, 11) is 1.40. The first-order valence-electron chi connectivity index (χ1n) is 7.87. The maximum absolute atomic E-state index is 13.7. The molecule has 0 fully saturated rings. The Morgan fingerprint density at radius 3 is 2.92 bits per heavy atom. The van der Waals surface area contributed by atoms with E-state index in [2.05, 4.69) is 14.9 Å². The van der Waals surface area contributed by atoms with Crippen LogP contribution in [0.15, 0.2) is 46.3 Å². The van der Waals surface area contributed by atoms with E-state index in [0.29, 0.717) is 40.2 Å². The molecule has 0 saturated heterocycles. The van der Waals surface area contributed by atoms with Crippen molar-refractivity contribution in [3.05, 3.63) is 69.5 Å². The van der Waals surface area contributed by atoms with Gasteiger partial charge in [-0.2, -0.15) is 0 Å². The van der Waals surface area contributed by atoms with E-state index in [-0.39, 0.29) is 5.56 Å². The minimum atomic E-state index is -0.414. The Morgan fingerprint density at radius 2 is 2.15 bits per heavy atom. The summed E-state index contributed by atoms with van der Waals surface area (Å²) >= 11 is 1.52. The van der Waals surface area contributed by atoms with Gasteiger partial charge in [-0.05, 0) is 42.2 Å². The number of hydrogen-bond acceptors (Lipinski definition) is 6. The van der Waals surface area contributed by atoms with Crippen molar-refractivity contribution in [2.24, 2.45) is 5.16 Å². The molecule has 0 aliphatic carbocycles. The molecule has 132 valence electrons. The maximum Gasteiger partial charge on any atom is 0.266 e. The van der Waals surface area contributed by atoms with Crippen molar-refractivity contribution in [1.29, 1.82) is 0 Å². The average molecular weight is 370 g/mol. The third kappa shape index (κ3) is 2.58. The van der Waals surface area contributed by atoms with E-state index in [9.17, 15) is 9.18 Å². The van der Waals surface area contributed by atoms with Gasteiger partial charge in [0.15, 0.2) is 11.5 Å². The Hall–Kier alpha value is -2.71. The molecule has 0 radical (unpaired) electrons. The normalized spacial score (nSPS) is 13.9. The third-order valence-corrected chi connectivity index (χ3v) is 4.64. The molecule has 0 unspecified atom stereocenters. The fourth-order valence-corrected chi connectivity index (χ4v) is 3.38. The monoisotopic (exact) mass is 370 g/mol. The standard InChI is InChI=1S/C18H15FN4O2S/c1-25-22-16-13-8-11(19)4-6-15(13)23-17(16)21-14-7-10(9-20-26-2)3-5-12(14)18(23)24/h3-8,20H,9H2,1-2H3/b22-16-. The van der Waals surface area contributed by atoms with Crippen LogP contribution < -0.4 is 10.3 Å². The zero-order valence-electron chi connectivity index (χ0n) is 14.1. The second-order valence-corrected chi connectivity index (χ2v) is 6.43. The van der Waals surface area contributed by atoms with Gasteiger partial charge in [-0.15, -0.1) is 0 Å². The summed E-state index contributed by atoms with van der Waals surface area (Å²) in [4.78, 5) is 22.6. The summed E-state index contributed by atoms with van der Waals surface area (Å²) in [5.41, 5.74) is 2.73. The van der Waals surface area contributed by atoms with Crippen molar-refractivity contribution < 1.29 is 9.23 Å². The van der Waals surface area contributed by atoms with Crippen LogP contribution in [-0.4, -0.2) is 28.6 Å². The minimum Gasteiger partial charge on any atom is -0.399 e. The summed E-state index contributed by atoms with van der Waals surface area (Å²) in [6.07, 6.45) is 1.95. The summed E-state index contributed by atoms with van der Waals surface area (Å²) in [6.45, 7) is 0.654. The van der Waals surface area contributed by atoms with Gasteiger partial charge in [0.2, 0.25) is 0 Å². The molecule has 1 N–H and O–H groups in total. The lowest BCUT2D eigenvalue weighted by molar-refractivity contribution is 0.214. The molecule has 0 amide bonds. The molecule has 6 nitrogen and oxygen atoms in total. The lowest BCUT2D eigenvalue weighted by atomic mass is 10.1. The predicted molar refractivity (Wildman–Crippen MR) is 100 cm³/mol. The largest absolute Gasteiger partial charge is 0.399 e. The number of oxime groups is 1. The quantitative estimate of drug-likeness (QED) is 0.442. The number of rotatable bonds is 4. The van der Waals surface area contributed by atoms with Crippen molar-refractivity contribution in [3.8, 4) is 5.69 Å². The number of fused-ring (bicyclic) bond motifs is 4. The molecule has 0 atom stereocenters. The Bertz CT molecular complexity index is 1110. The molecule has 1 aromatic heterocycles. The highest BCUT2D eigenvalue weighted by molar-refractivity contribution is 7.96. The van der Waals surface area contributed by atoms with Crippen LogP contribution in [0, 0.1) is 5.82 Å². The van der Waals surface area contributed by atoms with Crippen LogP contribution in [-0.2, 0) is 11.4 Å². The number of aromatic nitrogens is 2. The van der Waals surface area contributed by atoms with E-state index in [0.717, 1.165) is 5.56 Å². The van der Waals surface area contributed by atoms with Crippen LogP contribution in [0.1, 0.15) is 17.0 Å². The van der Waals surface area contributed by atoms with Gasteiger partial charge in [-0.3, -0.25) is 14.1 Å². The van der Waals surface area contributed by atoms with Gasteiger partial charge in [-0.25, -0.2) is 9.37 Å². The van der Waals surface area contributed by atoms with Crippen LogP contribution >= 0.6 is 11.9 Å². The van der Waals surface area contributed by atoms with Crippen LogP contribution in [0.4, 0.5) is 4.39 Å². The molecule has 0 bridgehead atoms. The number of hydrogen-bond donors (Lipinski definition) is 1. The van der Waals surface area contributed by atoms with Gasteiger partial charge in [0.05, 0.1) is 16.6 Å². The molecule has 26 heavy (non-hydrogen) atoms. The molecule has 0 spiro atoms. The number of nitrogens with one attached hydrogen (secondary N) is 1. The van der Waals surface area contributed by atoms with Crippen LogP contribution in [0.25, 0.3) is 16.6 Å². The molecular weight excluding hydrogens is 355 g/mol. The molecule has 2 heterocycles. The van der Waals surface area contributed by atoms with Gasteiger partial charge < -0.3 is 4.84 Å². The highest BCUT2D eigenvalue weighted by Crippen LogP contribution is 2.28. The van der Waals surface area contributed by atoms with Crippen LogP contribution in [0.3, 0.4) is 0 Å². The Balaban J connectivity index is 1.99. The first kappa shape index (κ1) is 16.7. The smallest absolute Gasteiger partial charge is 0.266 e. The number of halogens is 1. The fraction of sp³-hybridized carbons (Fsp3) is 0.167. The first-order chi connectivity index (χ1) is 12.6. The molecule has 4 rings (SSSR count). The van der Waals surface area contributed by atoms with Gasteiger partial charge in [0.25, 0.3) is 5.56 Å². The van der Waals surface area contributed by atoms with Gasteiger partial charge in [0.1, 0.15) is 12.9 Å². The van der Waals surface area contributed by atoms with E-state index in [1.165, 1.54) is 35.8 Å². The molecule has 2 aromatic carbocycles. The van der Waals surface area contributed by atoms with E-state index >= 15 is 0 Å². The van der Waals surface area contributed by atoms with Gasteiger partial charge >= 0.3 is 0 Å². The first-order valence-corrected chi connectivity index (χ1v) is 9.10. The summed E-state index contributed by atoms with van der Waals surface area (Å²) in [5, 5.41) is 4.48. The highest BCUT2D eigenvalue weighted by atomic mass is 32.2. The molecule has 0 saturated carbocycles.